The minimum atomic E-state index is 0.860. The smallest absolute Gasteiger partial charge is 0.00981 e. The molecule has 2 unspecified atom stereocenters. The maximum atomic E-state index is 2.66. The molecule has 0 aromatic carbocycles. The summed E-state index contributed by atoms with van der Waals surface area (Å²) in [5, 5.41) is 0. The molecule has 1 aliphatic carbocycles. The molecule has 0 amide bonds. The lowest BCUT2D eigenvalue weighted by molar-refractivity contribution is 0.120. The molecule has 0 heterocycles. The van der Waals surface area contributed by atoms with Crippen LogP contribution >= 0.6 is 0 Å². The Balaban J connectivity index is 2.42. The summed E-state index contributed by atoms with van der Waals surface area (Å²) in [5.74, 6) is 0.939. The average Bonchev–Trinajstić information content (AvgIpc) is 2.38. The molecule has 0 aliphatic heterocycles. The van der Waals surface area contributed by atoms with Gasteiger partial charge in [-0.25, -0.2) is 0 Å². The van der Waals surface area contributed by atoms with Crippen LogP contribution in [0.25, 0.3) is 0 Å². The highest BCUT2D eigenvalue weighted by molar-refractivity contribution is 4.81. The van der Waals surface area contributed by atoms with Gasteiger partial charge >= 0.3 is 0 Å². The van der Waals surface area contributed by atoms with Gasteiger partial charge in [-0.1, -0.05) is 34.1 Å². The fourth-order valence-corrected chi connectivity index (χ4v) is 3.35. The zero-order chi connectivity index (χ0) is 12.7. The SMILES string of the molecule is CCN(CC)CC1CCCC(N(CC)CC)C1. The van der Waals surface area contributed by atoms with Crippen molar-refractivity contribution in [2.45, 2.75) is 59.4 Å². The molecule has 1 aliphatic rings. The van der Waals surface area contributed by atoms with Crippen molar-refractivity contribution in [3.63, 3.8) is 0 Å². The van der Waals surface area contributed by atoms with E-state index >= 15 is 0 Å². The molecule has 1 saturated carbocycles. The second-order valence-electron chi connectivity index (χ2n) is 5.39. The van der Waals surface area contributed by atoms with Gasteiger partial charge < -0.3 is 9.80 Å². The molecule has 0 bridgehead atoms. The number of rotatable bonds is 7. The van der Waals surface area contributed by atoms with Crippen LogP contribution in [-0.2, 0) is 0 Å². The summed E-state index contributed by atoms with van der Waals surface area (Å²) < 4.78 is 0. The fraction of sp³-hybridized carbons (Fsp3) is 1.00. The molecule has 1 rings (SSSR count). The van der Waals surface area contributed by atoms with Crippen molar-refractivity contribution >= 4 is 0 Å². The largest absolute Gasteiger partial charge is 0.304 e. The topological polar surface area (TPSA) is 6.48 Å². The first kappa shape index (κ1) is 15.0. The molecular weight excluding hydrogens is 208 g/mol. The van der Waals surface area contributed by atoms with Crippen LogP contribution in [0.5, 0.6) is 0 Å². The van der Waals surface area contributed by atoms with Crippen molar-refractivity contribution < 1.29 is 0 Å². The molecule has 17 heavy (non-hydrogen) atoms. The van der Waals surface area contributed by atoms with E-state index in [9.17, 15) is 0 Å². The van der Waals surface area contributed by atoms with Gasteiger partial charge in [-0.05, 0) is 51.4 Å². The van der Waals surface area contributed by atoms with E-state index in [4.69, 9.17) is 0 Å². The molecule has 0 radical (unpaired) electrons. The molecular formula is C15H32N2. The van der Waals surface area contributed by atoms with Gasteiger partial charge in [0.2, 0.25) is 0 Å². The van der Waals surface area contributed by atoms with E-state index < -0.39 is 0 Å². The average molecular weight is 240 g/mol. The van der Waals surface area contributed by atoms with E-state index in [-0.39, 0.29) is 0 Å². The lowest BCUT2D eigenvalue weighted by Crippen LogP contribution is -2.41. The van der Waals surface area contributed by atoms with Crippen molar-refractivity contribution in [2.24, 2.45) is 5.92 Å². The van der Waals surface area contributed by atoms with Gasteiger partial charge in [0.25, 0.3) is 0 Å². The first-order chi connectivity index (χ1) is 8.24. The van der Waals surface area contributed by atoms with Crippen LogP contribution in [0.15, 0.2) is 0 Å². The van der Waals surface area contributed by atoms with Crippen molar-refractivity contribution in [1.82, 2.24) is 9.80 Å². The highest BCUT2D eigenvalue weighted by Gasteiger charge is 2.25. The molecule has 2 heteroatoms. The van der Waals surface area contributed by atoms with Crippen LogP contribution in [0.4, 0.5) is 0 Å². The molecule has 0 aromatic heterocycles. The van der Waals surface area contributed by atoms with Gasteiger partial charge in [-0.3, -0.25) is 0 Å². The third-order valence-corrected chi connectivity index (χ3v) is 4.49. The highest BCUT2D eigenvalue weighted by atomic mass is 15.2. The van der Waals surface area contributed by atoms with E-state index in [2.05, 4.69) is 37.5 Å². The van der Waals surface area contributed by atoms with Crippen molar-refractivity contribution in [1.29, 1.82) is 0 Å². The quantitative estimate of drug-likeness (QED) is 0.674. The minimum absolute atomic E-state index is 0.860. The Bertz CT molecular complexity index is 185. The van der Waals surface area contributed by atoms with Gasteiger partial charge in [0, 0.05) is 12.6 Å². The highest BCUT2D eigenvalue weighted by Crippen LogP contribution is 2.28. The second-order valence-corrected chi connectivity index (χ2v) is 5.39. The predicted octanol–water partition coefficient (Wildman–Crippen LogP) is 3.23. The number of hydrogen-bond acceptors (Lipinski definition) is 2. The molecule has 2 nitrogen and oxygen atoms in total. The zero-order valence-electron chi connectivity index (χ0n) is 12.4. The molecule has 2 atom stereocenters. The van der Waals surface area contributed by atoms with Crippen LogP contribution in [-0.4, -0.2) is 48.6 Å². The van der Waals surface area contributed by atoms with Crippen molar-refractivity contribution in [3.8, 4) is 0 Å². The lowest BCUT2D eigenvalue weighted by Gasteiger charge is -2.38. The summed E-state index contributed by atoms with van der Waals surface area (Å²) in [4.78, 5) is 5.25. The van der Waals surface area contributed by atoms with Gasteiger partial charge in [0.15, 0.2) is 0 Å². The Hall–Kier alpha value is -0.0800. The molecule has 0 N–H and O–H groups in total. The van der Waals surface area contributed by atoms with Crippen LogP contribution in [0, 0.1) is 5.92 Å². The first-order valence-corrected chi connectivity index (χ1v) is 7.71. The summed E-state index contributed by atoms with van der Waals surface area (Å²) in [6.07, 6.45) is 5.75. The molecule has 0 aromatic rings. The fourth-order valence-electron chi connectivity index (χ4n) is 3.35. The van der Waals surface area contributed by atoms with Crippen LogP contribution in [0.1, 0.15) is 53.4 Å². The summed E-state index contributed by atoms with van der Waals surface area (Å²) in [7, 11) is 0. The van der Waals surface area contributed by atoms with E-state index in [0.717, 1.165) is 12.0 Å². The van der Waals surface area contributed by atoms with Gasteiger partial charge in [-0.2, -0.15) is 0 Å². The van der Waals surface area contributed by atoms with Gasteiger partial charge in [-0.15, -0.1) is 0 Å². The van der Waals surface area contributed by atoms with Crippen LogP contribution in [0.2, 0.25) is 0 Å². The van der Waals surface area contributed by atoms with E-state index in [1.165, 1.54) is 58.4 Å². The summed E-state index contributed by atoms with van der Waals surface area (Å²) >= 11 is 0. The minimum Gasteiger partial charge on any atom is -0.304 e. The van der Waals surface area contributed by atoms with E-state index in [1.54, 1.807) is 0 Å². The Morgan fingerprint density at radius 3 is 2.06 bits per heavy atom. The Kier molecular flexibility index (Phi) is 7.14. The Morgan fingerprint density at radius 1 is 0.882 bits per heavy atom. The normalized spacial score (nSPS) is 25.8. The maximum absolute atomic E-state index is 2.66. The van der Waals surface area contributed by atoms with Gasteiger partial charge in [0.1, 0.15) is 0 Å². The van der Waals surface area contributed by atoms with Crippen molar-refractivity contribution in [3.05, 3.63) is 0 Å². The Morgan fingerprint density at radius 2 is 1.53 bits per heavy atom. The first-order valence-electron chi connectivity index (χ1n) is 7.71. The van der Waals surface area contributed by atoms with Gasteiger partial charge in [0.05, 0.1) is 0 Å². The number of nitrogens with zero attached hydrogens (tertiary/aromatic N) is 2. The predicted molar refractivity (Wildman–Crippen MR) is 76.5 cm³/mol. The standard InChI is InChI=1S/C15H32N2/c1-5-16(6-2)13-14-10-9-11-15(12-14)17(7-3)8-4/h14-15H,5-13H2,1-4H3. The van der Waals surface area contributed by atoms with E-state index in [0.29, 0.717) is 0 Å². The van der Waals surface area contributed by atoms with Crippen molar-refractivity contribution in [2.75, 3.05) is 32.7 Å². The monoisotopic (exact) mass is 240 g/mol. The second kappa shape index (κ2) is 8.10. The molecule has 0 spiro atoms. The Labute approximate surface area is 108 Å². The van der Waals surface area contributed by atoms with E-state index in [1.807, 2.05) is 0 Å². The molecule has 0 saturated heterocycles. The molecule has 102 valence electrons. The zero-order valence-corrected chi connectivity index (χ0v) is 12.4. The summed E-state index contributed by atoms with van der Waals surface area (Å²) in [6.45, 7) is 15.4. The van der Waals surface area contributed by atoms with Crippen LogP contribution < -0.4 is 0 Å². The number of hydrogen-bond donors (Lipinski definition) is 0. The third kappa shape index (κ3) is 4.59. The third-order valence-electron chi connectivity index (χ3n) is 4.49. The summed E-state index contributed by atoms with van der Waals surface area (Å²) in [6, 6.07) is 0.860. The lowest BCUT2D eigenvalue weighted by atomic mass is 9.84. The summed E-state index contributed by atoms with van der Waals surface area (Å²) in [5.41, 5.74) is 0. The maximum Gasteiger partial charge on any atom is 0.00981 e. The molecule has 1 fully saturated rings. The van der Waals surface area contributed by atoms with Crippen LogP contribution in [0.3, 0.4) is 0 Å².